The van der Waals surface area contributed by atoms with Crippen LogP contribution in [-0.2, 0) is 4.74 Å². The van der Waals surface area contributed by atoms with Crippen molar-refractivity contribution in [1.29, 1.82) is 5.53 Å². The van der Waals surface area contributed by atoms with Crippen molar-refractivity contribution in [2.24, 2.45) is 10.1 Å². The van der Waals surface area contributed by atoms with E-state index in [0.29, 0.717) is 13.1 Å². The van der Waals surface area contributed by atoms with Crippen molar-refractivity contribution >= 4 is 6.21 Å². The van der Waals surface area contributed by atoms with Crippen LogP contribution in [0.4, 0.5) is 0 Å². The van der Waals surface area contributed by atoms with Crippen LogP contribution in [-0.4, -0.2) is 32.0 Å². The van der Waals surface area contributed by atoms with Gasteiger partial charge in [0.2, 0.25) is 0 Å². The lowest BCUT2D eigenvalue weighted by Crippen LogP contribution is -2.11. The van der Waals surface area contributed by atoms with Crippen molar-refractivity contribution in [2.75, 3.05) is 19.7 Å². The zero-order valence-electron chi connectivity index (χ0n) is 7.08. The molecule has 11 heavy (non-hydrogen) atoms. The fourth-order valence-corrected chi connectivity index (χ4v) is 0.659. The van der Waals surface area contributed by atoms with Gasteiger partial charge in [-0.2, -0.15) is 5.11 Å². The van der Waals surface area contributed by atoms with Gasteiger partial charge in [0, 0.05) is 12.8 Å². The van der Waals surface area contributed by atoms with E-state index in [2.05, 4.69) is 10.1 Å². The van der Waals surface area contributed by atoms with Gasteiger partial charge in [0.15, 0.2) is 0 Å². The Labute approximate surface area is 67.2 Å². The Morgan fingerprint density at radius 3 is 2.91 bits per heavy atom. The summed E-state index contributed by atoms with van der Waals surface area (Å²) < 4.78 is 5.23. The largest absolute Gasteiger partial charge is 0.377 e. The minimum Gasteiger partial charge on any atom is -0.377 e. The molecule has 0 rings (SSSR count). The van der Waals surface area contributed by atoms with E-state index in [9.17, 15) is 0 Å². The van der Waals surface area contributed by atoms with Crippen molar-refractivity contribution in [2.45, 2.75) is 20.0 Å². The molecule has 0 heterocycles. The molecule has 0 aromatic heterocycles. The van der Waals surface area contributed by atoms with E-state index in [1.54, 1.807) is 6.21 Å². The lowest BCUT2D eigenvalue weighted by atomic mass is 10.4. The van der Waals surface area contributed by atoms with Gasteiger partial charge in [0.1, 0.15) is 0 Å². The quantitative estimate of drug-likeness (QED) is 0.461. The molecule has 0 amide bonds. The van der Waals surface area contributed by atoms with Crippen LogP contribution in [0.25, 0.3) is 0 Å². The van der Waals surface area contributed by atoms with Crippen molar-refractivity contribution in [3.8, 4) is 0 Å². The second kappa shape index (κ2) is 7.34. The third-order valence-electron chi connectivity index (χ3n) is 1.12. The maximum atomic E-state index is 6.47. The molecule has 0 radical (unpaired) electrons. The molecule has 1 N–H and O–H groups in total. The zero-order chi connectivity index (χ0) is 8.53. The van der Waals surface area contributed by atoms with Crippen LogP contribution in [0.3, 0.4) is 0 Å². The molecule has 0 aromatic rings. The zero-order valence-corrected chi connectivity index (χ0v) is 7.08. The fourth-order valence-electron chi connectivity index (χ4n) is 0.659. The minimum atomic E-state index is 0.169. The molecule has 64 valence electrons. The molecular formula is C7H15N3O. The van der Waals surface area contributed by atoms with E-state index in [-0.39, 0.29) is 6.10 Å². The average Bonchev–Trinajstić information content (AvgIpc) is 1.99. The highest BCUT2D eigenvalue weighted by Gasteiger charge is 1.95. The summed E-state index contributed by atoms with van der Waals surface area (Å²) in [6, 6.07) is 0. The summed E-state index contributed by atoms with van der Waals surface area (Å²) in [4.78, 5) is 4.02. The first kappa shape index (κ1) is 10.2. The van der Waals surface area contributed by atoms with Crippen LogP contribution in [0.2, 0.25) is 0 Å². The Hall–Kier alpha value is -0.770. The number of hydrogen-bond donors (Lipinski definition) is 1. The van der Waals surface area contributed by atoms with E-state index in [1.165, 1.54) is 0 Å². The highest BCUT2D eigenvalue weighted by Crippen LogP contribution is 1.89. The predicted octanol–water partition coefficient (Wildman–Crippen LogP) is 1.51. The van der Waals surface area contributed by atoms with Crippen LogP contribution in [0, 0.1) is 5.53 Å². The van der Waals surface area contributed by atoms with Gasteiger partial charge in [-0.25, -0.2) is 5.53 Å². The van der Waals surface area contributed by atoms with E-state index < -0.39 is 0 Å². The molecule has 1 unspecified atom stereocenters. The summed E-state index contributed by atoms with van der Waals surface area (Å²) in [5, 5.41) is 3.14. The highest BCUT2D eigenvalue weighted by atomic mass is 16.5. The highest BCUT2D eigenvalue weighted by molar-refractivity contribution is 5.59. The lowest BCUT2D eigenvalue weighted by Gasteiger charge is -2.06. The number of nitrogens with one attached hydrogen (secondary N) is 1. The smallest absolute Gasteiger partial charge is 0.0944 e. The number of ether oxygens (including phenoxy) is 1. The van der Waals surface area contributed by atoms with E-state index in [4.69, 9.17) is 10.3 Å². The van der Waals surface area contributed by atoms with Gasteiger partial charge < -0.3 is 4.74 Å². The molecule has 0 aromatic carbocycles. The van der Waals surface area contributed by atoms with E-state index in [1.807, 2.05) is 13.8 Å². The summed E-state index contributed by atoms with van der Waals surface area (Å²) in [7, 11) is 0. The lowest BCUT2D eigenvalue weighted by molar-refractivity contribution is 0.0830. The van der Waals surface area contributed by atoms with Crippen LogP contribution in [0.5, 0.6) is 0 Å². The molecule has 4 heteroatoms. The SMILES string of the molecule is CCOC(C)CN=CCN=N. The van der Waals surface area contributed by atoms with Crippen LogP contribution in [0.15, 0.2) is 10.1 Å². The Balaban J connectivity index is 3.28. The van der Waals surface area contributed by atoms with Crippen molar-refractivity contribution in [3.05, 3.63) is 0 Å². The maximum Gasteiger partial charge on any atom is 0.0944 e. The second-order valence-corrected chi connectivity index (χ2v) is 2.15. The number of hydrogen-bond acceptors (Lipinski definition) is 4. The van der Waals surface area contributed by atoms with Crippen molar-refractivity contribution in [1.82, 2.24) is 0 Å². The Bertz CT molecular complexity index is 125. The number of nitrogens with zero attached hydrogens (tertiary/aromatic N) is 2. The van der Waals surface area contributed by atoms with Crippen LogP contribution in [0.1, 0.15) is 13.8 Å². The summed E-state index contributed by atoms with van der Waals surface area (Å²) in [6.45, 7) is 5.68. The molecular weight excluding hydrogens is 142 g/mol. The molecule has 0 saturated heterocycles. The molecule has 0 aliphatic carbocycles. The molecule has 0 aliphatic rings. The van der Waals surface area contributed by atoms with Gasteiger partial charge in [-0.15, -0.1) is 0 Å². The van der Waals surface area contributed by atoms with Gasteiger partial charge in [0.25, 0.3) is 0 Å². The molecule has 4 nitrogen and oxygen atoms in total. The number of rotatable bonds is 6. The molecule has 0 bridgehead atoms. The summed E-state index contributed by atoms with van der Waals surface area (Å²) in [6.07, 6.45) is 1.80. The predicted molar refractivity (Wildman–Crippen MR) is 44.5 cm³/mol. The second-order valence-electron chi connectivity index (χ2n) is 2.15. The van der Waals surface area contributed by atoms with Crippen LogP contribution >= 0.6 is 0 Å². The molecule has 1 atom stereocenters. The Kier molecular flexibility index (Phi) is 6.82. The molecule has 0 aliphatic heterocycles. The van der Waals surface area contributed by atoms with Gasteiger partial charge >= 0.3 is 0 Å². The third-order valence-corrected chi connectivity index (χ3v) is 1.12. The van der Waals surface area contributed by atoms with E-state index >= 15 is 0 Å². The van der Waals surface area contributed by atoms with Gasteiger partial charge in [-0.3, -0.25) is 4.99 Å². The third kappa shape index (κ3) is 7.12. The summed E-state index contributed by atoms with van der Waals surface area (Å²) in [5.41, 5.74) is 6.47. The summed E-state index contributed by atoms with van der Waals surface area (Å²) >= 11 is 0. The van der Waals surface area contributed by atoms with Gasteiger partial charge in [-0.05, 0) is 13.8 Å². The fraction of sp³-hybridized carbons (Fsp3) is 0.857. The topological polar surface area (TPSA) is 57.8 Å². The monoisotopic (exact) mass is 157 g/mol. The Morgan fingerprint density at radius 1 is 1.64 bits per heavy atom. The standard InChI is InChI=1S/C7H15N3O/c1-3-11-7(2)6-9-4-5-10-8/h4,7-8H,3,5-6H2,1-2H3. The average molecular weight is 157 g/mol. The van der Waals surface area contributed by atoms with E-state index in [0.717, 1.165) is 6.61 Å². The molecule has 0 saturated carbocycles. The maximum absolute atomic E-state index is 6.47. The molecule has 0 fully saturated rings. The van der Waals surface area contributed by atoms with Gasteiger partial charge in [0.05, 0.1) is 19.2 Å². The number of aliphatic imine (C=N–C) groups is 1. The van der Waals surface area contributed by atoms with Crippen molar-refractivity contribution in [3.63, 3.8) is 0 Å². The minimum absolute atomic E-state index is 0.169. The van der Waals surface area contributed by atoms with Crippen molar-refractivity contribution < 1.29 is 4.74 Å². The summed E-state index contributed by atoms with van der Waals surface area (Å²) in [5.74, 6) is 0. The van der Waals surface area contributed by atoms with Gasteiger partial charge in [-0.1, -0.05) is 0 Å². The molecule has 0 spiro atoms. The first-order chi connectivity index (χ1) is 5.31. The Morgan fingerprint density at radius 2 is 2.36 bits per heavy atom. The van der Waals surface area contributed by atoms with Crippen LogP contribution < -0.4 is 0 Å². The normalized spacial score (nSPS) is 13.6. The first-order valence-electron chi connectivity index (χ1n) is 3.74. The first-order valence-corrected chi connectivity index (χ1v) is 3.74.